The summed E-state index contributed by atoms with van der Waals surface area (Å²) < 4.78 is 1.83. The van der Waals surface area contributed by atoms with Gasteiger partial charge in [-0.2, -0.15) is 0 Å². The molecule has 2 aromatic rings. The van der Waals surface area contributed by atoms with E-state index >= 15 is 0 Å². The van der Waals surface area contributed by atoms with Crippen LogP contribution in [0.4, 0.5) is 0 Å². The molecule has 34 heavy (non-hydrogen) atoms. The van der Waals surface area contributed by atoms with Gasteiger partial charge in [-0.15, -0.1) is 0 Å². The van der Waals surface area contributed by atoms with E-state index in [4.69, 9.17) is 0 Å². The smallest absolute Gasteiger partial charge is 0.259 e. The number of aromatic nitrogens is 1. The second-order valence-corrected chi connectivity index (χ2v) is 10.3. The van der Waals surface area contributed by atoms with Crippen LogP contribution in [0.3, 0.4) is 0 Å². The molecule has 182 valence electrons. The van der Waals surface area contributed by atoms with Crippen LogP contribution in [-0.4, -0.2) is 52.4 Å². The lowest BCUT2D eigenvalue weighted by molar-refractivity contribution is 0.0694. The normalized spacial score (nSPS) is 19.8. The van der Waals surface area contributed by atoms with Gasteiger partial charge in [0.1, 0.15) is 11.1 Å². The molecule has 0 N–H and O–H groups in total. The van der Waals surface area contributed by atoms with Crippen molar-refractivity contribution in [2.75, 3.05) is 26.2 Å². The zero-order valence-electron chi connectivity index (χ0n) is 20.7. The first-order valence-corrected chi connectivity index (χ1v) is 12.7. The van der Waals surface area contributed by atoms with Gasteiger partial charge in [0, 0.05) is 44.6 Å². The van der Waals surface area contributed by atoms with Crippen LogP contribution in [0.1, 0.15) is 91.1 Å². The molecule has 3 heterocycles. The van der Waals surface area contributed by atoms with Gasteiger partial charge in [-0.25, -0.2) is 0 Å². The van der Waals surface area contributed by atoms with E-state index in [0.29, 0.717) is 38.0 Å². The number of amides is 2. The van der Waals surface area contributed by atoms with Crippen LogP contribution in [-0.2, 0) is 0 Å². The molecule has 4 rings (SSSR count). The van der Waals surface area contributed by atoms with Gasteiger partial charge >= 0.3 is 0 Å². The minimum absolute atomic E-state index is 0.0340. The van der Waals surface area contributed by atoms with Crippen LogP contribution < -0.4 is 5.43 Å². The molecule has 0 bridgehead atoms. The van der Waals surface area contributed by atoms with Gasteiger partial charge in [0.05, 0.1) is 0 Å². The van der Waals surface area contributed by atoms with Crippen LogP contribution in [0.15, 0.2) is 47.5 Å². The Balaban J connectivity index is 1.58. The number of pyridine rings is 1. The molecular formula is C28H37N3O3. The third-order valence-electron chi connectivity index (χ3n) is 7.46. The predicted octanol–water partition coefficient (Wildman–Crippen LogP) is 4.71. The number of piperidine rings is 1. The Morgan fingerprint density at radius 1 is 0.824 bits per heavy atom. The van der Waals surface area contributed by atoms with E-state index in [9.17, 15) is 14.4 Å². The Morgan fingerprint density at radius 2 is 1.38 bits per heavy atom. The van der Waals surface area contributed by atoms with Crippen molar-refractivity contribution in [3.63, 3.8) is 0 Å². The molecule has 0 aliphatic carbocycles. The lowest BCUT2D eigenvalue weighted by Gasteiger charge is -2.30. The van der Waals surface area contributed by atoms with Crippen molar-refractivity contribution < 1.29 is 9.59 Å². The molecule has 0 spiro atoms. The Labute approximate surface area is 202 Å². The molecule has 2 amide bonds. The summed E-state index contributed by atoms with van der Waals surface area (Å²) in [6, 6.07) is 10.5. The summed E-state index contributed by atoms with van der Waals surface area (Å²) >= 11 is 0. The van der Waals surface area contributed by atoms with Crippen molar-refractivity contribution in [2.24, 2.45) is 5.92 Å². The van der Waals surface area contributed by atoms with E-state index in [1.807, 2.05) is 24.5 Å². The molecule has 2 aliphatic rings. The monoisotopic (exact) mass is 463 g/mol. The predicted molar refractivity (Wildman–Crippen MR) is 134 cm³/mol. The Morgan fingerprint density at radius 3 is 1.97 bits per heavy atom. The first kappa shape index (κ1) is 24.2. The zero-order chi connectivity index (χ0) is 24.2. The van der Waals surface area contributed by atoms with Crippen LogP contribution in [0.2, 0.25) is 0 Å². The number of carbonyl (C=O) groups excluding carboxylic acids is 2. The highest BCUT2D eigenvalue weighted by Gasteiger charge is 2.29. The second kappa shape index (κ2) is 10.6. The molecule has 6 nitrogen and oxygen atoms in total. The Bertz CT molecular complexity index is 1070. The van der Waals surface area contributed by atoms with Crippen molar-refractivity contribution in [1.29, 1.82) is 0 Å². The highest BCUT2D eigenvalue weighted by atomic mass is 16.2. The maximum absolute atomic E-state index is 13.6. The Kier molecular flexibility index (Phi) is 7.54. The molecule has 0 unspecified atom stereocenters. The quantitative estimate of drug-likeness (QED) is 0.660. The molecular weight excluding hydrogens is 426 g/mol. The van der Waals surface area contributed by atoms with Gasteiger partial charge in [0.2, 0.25) is 5.43 Å². The molecule has 2 saturated heterocycles. The maximum Gasteiger partial charge on any atom is 0.259 e. The average molecular weight is 464 g/mol. The molecule has 2 fully saturated rings. The fourth-order valence-corrected chi connectivity index (χ4v) is 5.11. The third kappa shape index (κ3) is 5.26. The lowest BCUT2D eigenvalue weighted by Crippen LogP contribution is -2.42. The largest absolute Gasteiger partial charge is 0.350 e. The van der Waals surface area contributed by atoms with Crippen molar-refractivity contribution in [2.45, 2.75) is 64.8 Å². The summed E-state index contributed by atoms with van der Waals surface area (Å²) in [5.74, 6) is 0.503. The summed E-state index contributed by atoms with van der Waals surface area (Å²) in [7, 11) is 0. The van der Waals surface area contributed by atoms with Crippen molar-refractivity contribution >= 4 is 11.8 Å². The lowest BCUT2D eigenvalue weighted by atomic mass is 9.92. The van der Waals surface area contributed by atoms with Crippen LogP contribution in [0, 0.1) is 5.92 Å². The fourth-order valence-electron chi connectivity index (χ4n) is 5.11. The number of likely N-dealkylation sites (tertiary alicyclic amines) is 2. The van der Waals surface area contributed by atoms with Gasteiger partial charge in [0.25, 0.3) is 11.8 Å². The average Bonchev–Trinajstić information content (AvgIpc) is 3.11. The molecule has 0 radical (unpaired) electrons. The SMILES string of the molecule is CC1CCN(C(=O)c2cn(C(C)C)cc(C(=O)N3CCC[C@@H](c4ccccc4)CC3)c2=O)CC1. The summed E-state index contributed by atoms with van der Waals surface area (Å²) in [5, 5.41) is 0. The summed E-state index contributed by atoms with van der Waals surface area (Å²) in [4.78, 5) is 43.9. The van der Waals surface area contributed by atoms with Crippen LogP contribution >= 0.6 is 0 Å². The first-order chi connectivity index (χ1) is 16.3. The van der Waals surface area contributed by atoms with Crippen LogP contribution in [0.25, 0.3) is 0 Å². The number of carbonyl (C=O) groups is 2. The summed E-state index contributed by atoms with van der Waals surface area (Å²) in [6.07, 6.45) is 7.96. The van der Waals surface area contributed by atoms with E-state index in [1.54, 1.807) is 22.2 Å². The van der Waals surface area contributed by atoms with Gasteiger partial charge in [-0.05, 0) is 63.4 Å². The highest BCUT2D eigenvalue weighted by molar-refractivity contribution is 5.99. The van der Waals surface area contributed by atoms with Gasteiger partial charge in [-0.3, -0.25) is 14.4 Å². The molecule has 1 aromatic carbocycles. The van der Waals surface area contributed by atoms with Crippen molar-refractivity contribution in [3.8, 4) is 0 Å². The van der Waals surface area contributed by atoms with Gasteiger partial charge in [-0.1, -0.05) is 37.3 Å². The van der Waals surface area contributed by atoms with E-state index in [2.05, 4.69) is 31.2 Å². The van der Waals surface area contributed by atoms with Crippen molar-refractivity contribution in [3.05, 3.63) is 69.6 Å². The minimum atomic E-state index is -0.436. The second-order valence-electron chi connectivity index (χ2n) is 10.3. The number of benzene rings is 1. The molecule has 2 aliphatic heterocycles. The number of hydrogen-bond donors (Lipinski definition) is 0. The van der Waals surface area contributed by atoms with Crippen molar-refractivity contribution in [1.82, 2.24) is 14.4 Å². The molecule has 1 aromatic heterocycles. The highest BCUT2D eigenvalue weighted by Crippen LogP contribution is 2.28. The minimum Gasteiger partial charge on any atom is -0.350 e. The topological polar surface area (TPSA) is 62.6 Å². The fraction of sp³-hybridized carbons (Fsp3) is 0.536. The molecule has 1 atom stereocenters. The standard InChI is InChI=1S/C28H37N3O3/c1-20(2)31-18-24(26(32)25(19-31)28(34)30-15-11-21(3)12-16-30)27(33)29-14-7-10-23(13-17-29)22-8-5-4-6-9-22/h4-6,8-9,18-21,23H,7,10-17H2,1-3H3/t23-/m1/s1. The van der Waals surface area contributed by atoms with E-state index < -0.39 is 5.43 Å². The Hall–Kier alpha value is -2.89. The van der Waals surface area contributed by atoms with E-state index in [-0.39, 0.29) is 29.0 Å². The maximum atomic E-state index is 13.6. The summed E-state index contributed by atoms with van der Waals surface area (Å²) in [6.45, 7) is 8.74. The molecule has 6 heteroatoms. The molecule has 0 saturated carbocycles. The number of hydrogen-bond acceptors (Lipinski definition) is 3. The van der Waals surface area contributed by atoms with E-state index in [0.717, 1.165) is 32.1 Å². The van der Waals surface area contributed by atoms with Gasteiger partial charge in [0.15, 0.2) is 0 Å². The first-order valence-electron chi connectivity index (χ1n) is 12.7. The summed E-state index contributed by atoms with van der Waals surface area (Å²) in [5.41, 5.74) is 1.10. The third-order valence-corrected chi connectivity index (χ3v) is 7.46. The number of rotatable bonds is 4. The number of nitrogens with zero attached hydrogens (tertiary/aromatic N) is 3. The zero-order valence-corrected chi connectivity index (χ0v) is 20.7. The van der Waals surface area contributed by atoms with Crippen LogP contribution in [0.5, 0.6) is 0 Å². The van der Waals surface area contributed by atoms with Gasteiger partial charge < -0.3 is 14.4 Å². The van der Waals surface area contributed by atoms with E-state index in [1.165, 1.54) is 5.56 Å².